The van der Waals surface area contributed by atoms with Crippen molar-refractivity contribution in [2.24, 2.45) is 5.92 Å². The smallest absolute Gasteiger partial charge is 0.223 e. The van der Waals surface area contributed by atoms with Crippen LogP contribution in [-0.2, 0) is 16.1 Å². The van der Waals surface area contributed by atoms with Crippen LogP contribution in [0.4, 0.5) is 0 Å². The van der Waals surface area contributed by atoms with Crippen LogP contribution < -0.4 is 5.32 Å². The van der Waals surface area contributed by atoms with Crippen molar-refractivity contribution < 1.29 is 9.53 Å². The summed E-state index contributed by atoms with van der Waals surface area (Å²) in [5.41, 5.74) is 1.16. The highest BCUT2D eigenvalue weighted by Crippen LogP contribution is 2.24. The summed E-state index contributed by atoms with van der Waals surface area (Å²) in [6.07, 6.45) is 8.75. The van der Waals surface area contributed by atoms with Crippen LogP contribution in [-0.4, -0.2) is 72.2 Å². The van der Waals surface area contributed by atoms with Gasteiger partial charge in [-0.05, 0) is 63.7 Å². The van der Waals surface area contributed by atoms with Gasteiger partial charge in [0, 0.05) is 50.9 Å². The van der Waals surface area contributed by atoms with Gasteiger partial charge in [0.05, 0.1) is 11.8 Å². The molecule has 1 amide bonds. The zero-order chi connectivity index (χ0) is 19.2. The molecule has 4 rings (SSSR count). The third kappa shape index (κ3) is 5.31. The molecule has 3 aliphatic rings. The summed E-state index contributed by atoms with van der Waals surface area (Å²) < 4.78 is 5.60. The lowest BCUT2D eigenvalue weighted by Crippen LogP contribution is -2.49. The number of hydrogen-bond acceptors (Lipinski definition) is 5. The molecule has 1 unspecified atom stereocenters. The zero-order valence-corrected chi connectivity index (χ0v) is 16.9. The Kier molecular flexibility index (Phi) is 6.94. The number of pyridine rings is 1. The molecule has 3 saturated heterocycles. The Balaban J connectivity index is 1.15. The number of carbonyl (C=O) groups excluding carboxylic acids is 1. The van der Waals surface area contributed by atoms with Crippen LogP contribution in [0, 0.1) is 5.92 Å². The SMILES string of the molecule is O=C(NCC1CCCO1)C1CCN(C2CCN(Cc3ccccn3)CC2)CC1. The molecular formula is C22H34N4O2. The van der Waals surface area contributed by atoms with Gasteiger partial charge in [0.15, 0.2) is 0 Å². The molecule has 0 bridgehead atoms. The third-order valence-corrected chi connectivity index (χ3v) is 6.61. The molecule has 0 aliphatic carbocycles. The average molecular weight is 387 g/mol. The van der Waals surface area contributed by atoms with E-state index in [0.717, 1.165) is 70.7 Å². The normalized spacial score (nSPS) is 25.8. The van der Waals surface area contributed by atoms with Crippen LogP contribution in [0.5, 0.6) is 0 Å². The van der Waals surface area contributed by atoms with E-state index in [2.05, 4.69) is 32.2 Å². The maximum Gasteiger partial charge on any atom is 0.223 e. The van der Waals surface area contributed by atoms with Crippen LogP contribution in [0.3, 0.4) is 0 Å². The van der Waals surface area contributed by atoms with Crippen molar-refractivity contribution in [1.29, 1.82) is 0 Å². The molecule has 1 aromatic rings. The van der Waals surface area contributed by atoms with Gasteiger partial charge in [-0.15, -0.1) is 0 Å². The number of hydrogen-bond donors (Lipinski definition) is 1. The Morgan fingerprint density at radius 1 is 1.11 bits per heavy atom. The second-order valence-corrected chi connectivity index (χ2v) is 8.52. The lowest BCUT2D eigenvalue weighted by molar-refractivity contribution is -0.127. The van der Waals surface area contributed by atoms with E-state index < -0.39 is 0 Å². The van der Waals surface area contributed by atoms with Crippen LogP contribution in [0.25, 0.3) is 0 Å². The first-order valence-electron chi connectivity index (χ1n) is 11.0. The fourth-order valence-corrected chi connectivity index (χ4v) is 4.85. The topological polar surface area (TPSA) is 57.7 Å². The Hall–Kier alpha value is -1.50. The largest absolute Gasteiger partial charge is 0.376 e. The van der Waals surface area contributed by atoms with Crippen molar-refractivity contribution in [2.45, 2.75) is 57.2 Å². The summed E-state index contributed by atoms with van der Waals surface area (Å²) in [5.74, 6) is 0.419. The Morgan fingerprint density at radius 3 is 2.61 bits per heavy atom. The number of carbonyl (C=O) groups is 1. The van der Waals surface area contributed by atoms with E-state index >= 15 is 0 Å². The highest BCUT2D eigenvalue weighted by atomic mass is 16.5. The number of piperidine rings is 2. The molecule has 0 radical (unpaired) electrons. The minimum atomic E-state index is 0.182. The van der Waals surface area contributed by atoms with Crippen LogP contribution >= 0.6 is 0 Å². The summed E-state index contributed by atoms with van der Waals surface area (Å²) >= 11 is 0. The van der Waals surface area contributed by atoms with Crippen molar-refractivity contribution in [2.75, 3.05) is 39.3 Å². The summed E-state index contributed by atoms with van der Waals surface area (Å²) in [5, 5.41) is 3.12. The highest BCUT2D eigenvalue weighted by molar-refractivity contribution is 5.78. The number of nitrogens with zero attached hydrogens (tertiary/aromatic N) is 3. The van der Waals surface area contributed by atoms with E-state index in [-0.39, 0.29) is 17.9 Å². The second-order valence-electron chi connectivity index (χ2n) is 8.52. The number of likely N-dealkylation sites (tertiary alicyclic amines) is 2. The quantitative estimate of drug-likeness (QED) is 0.811. The molecule has 154 valence electrons. The fraction of sp³-hybridized carbons (Fsp3) is 0.727. The monoisotopic (exact) mass is 386 g/mol. The van der Waals surface area contributed by atoms with E-state index in [1.807, 2.05) is 12.3 Å². The van der Waals surface area contributed by atoms with Crippen molar-refractivity contribution >= 4 is 5.91 Å². The maximum atomic E-state index is 12.5. The maximum absolute atomic E-state index is 12.5. The first-order valence-corrected chi connectivity index (χ1v) is 11.0. The predicted octanol–water partition coefficient (Wildman–Crippen LogP) is 2.05. The molecule has 6 nitrogen and oxygen atoms in total. The summed E-state index contributed by atoms with van der Waals surface area (Å²) in [6, 6.07) is 6.83. The molecule has 1 N–H and O–H groups in total. The number of rotatable bonds is 6. The molecule has 1 atom stereocenters. The van der Waals surface area contributed by atoms with Gasteiger partial charge in [-0.2, -0.15) is 0 Å². The van der Waals surface area contributed by atoms with Gasteiger partial charge in [0.25, 0.3) is 0 Å². The minimum Gasteiger partial charge on any atom is -0.376 e. The Bertz CT molecular complexity index is 604. The number of ether oxygens (including phenoxy) is 1. The first-order chi connectivity index (χ1) is 13.8. The number of nitrogens with one attached hydrogen (secondary N) is 1. The van der Waals surface area contributed by atoms with Gasteiger partial charge >= 0.3 is 0 Å². The minimum absolute atomic E-state index is 0.182. The number of amides is 1. The third-order valence-electron chi connectivity index (χ3n) is 6.61. The first kappa shape index (κ1) is 19.8. The van der Waals surface area contributed by atoms with Gasteiger partial charge in [-0.25, -0.2) is 0 Å². The van der Waals surface area contributed by atoms with Crippen LogP contribution in [0.2, 0.25) is 0 Å². The molecular weight excluding hydrogens is 352 g/mol. The summed E-state index contributed by atoms with van der Waals surface area (Å²) in [6.45, 7) is 6.89. The Labute approximate surface area is 168 Å². The van der Waals surface area contributed by atoms with Crippen molar-refractivity contribution in [3.63, 3.8) is 0 Å². The van der Waals surface area contributed by atoms with E-state index in [9.17, 15) is 4.79 Å². The number of aromatic nitrogens is 1. The van der Waals surface area contributed by atoms with Gasteiger partial charge in [0.2, 0.25) is 5.91 Å². The summed E-state index contributed by atoms with van der Waals surface area (Å²) in [4.78, 5) is 22.1. The van der Waals surface area contributed by atoms with Gasteiger partial charge in [0.1, 0.15) is 0 Å². The van der Waals surface area contributed by atoms with E-state index in [1.165, 1.54) is 12.8 Å². The second kappa shape index (κ2) is 9.81. The molecule has 3 aliphatic heterocycles. The van der Waals surface area contributed by atoms with E-state index in [4.69, 9.17) is 4.74 Å². The molecule has 4 heterocycles. The zero-order valence-electron chi connectivity index (χ0n) is 16.9. The Morgan fingerprint density at radius 2 is 1.93 bits per heavy atom. The lowest BCUT2D eigenvalue weighted by Gasteiger charge is -2.41. The standard InChI is InChI=1S/C22H34N4O2/c27-22(24-16-21-5-3-15-28-21)18-6-13-26(14-7-18)20-8-11-25(12-9-20)17-19-4-1-2-10-23-19/h1-2,4,10,18,20-21H,3,5-9,11-17H2,(H,24,27). The molecule has 3 fully saturated rings. The van der Waals surface area contributed by atoms with Gasteiger partial charge < -0.3 is 15.0 Å². The summed E-state index contributed by atoms with van der Waals surface area (Å²) in [7, 11) is 0. The molecule has 28 heavy (non-hydrogen) atoms. The molecule has 0 spiro atoms. The molecule has 0 saturated carbocycles. The average Bonchev–Trinajstić information content (AvgIpc) is 3.27. The van der Waals surface area contributed by atoms with Crippen LogP contribution in [0.15, 0.2) is 24.4 Å². The predicted molar refractivity (Wildman–Crippen MR) is 109 cm³/mol. The van der Waals surface area contributed by atoms with Crippen molar-refractivity contribution in [1.82, 2.24) is 20.1 Å². The van der Waals surface area contributed by atoms with Crippen LogP contribution in [0.1, 0.15) is 44.2 Å². The van der Waals surface area contributed by atoms with E-state index in [1.54, 1.807) is 0 Å². The van der Waals surface area contributed by atoms with Gasteiger partial charge in [-0.3, -0.25) is 14.7 Å². The fourth-order valence-electron chi connectivity index (χ4n) is 4.85. The van der Waals surface area contributed by atoms with Crippen molar-refractivity contribution in [3.8, 4) is 0 Å². The van der Waals surface area contributed by atoms with Gasteiger partial charge in [-0.1, -0.05) is 6.07 Å². The van der Waals surface area contributed by atoms with E-state index in [0.29, 0.717) is 12.6 Å². The highest BCUT2D eigenvalue weighted by Gasteiger charge is 2.31. The molecule has 0 aromatic carbocycles. The lowest BCUT2D eigenvalue weighted by atomic mass is 9.92. The molecule has 1 aromatic heterocycles. The van der Waals surface area contributed by atoms with Crippen molar-refractivity contribution in [3.05, 3.63) is 30.1 Å². The molecule has 6 heteroatoms.